The Balaban J connectivity index is 1.42. The Hall–Kier alpha value is -2.49. The van der Waals surface area contributed by atoms with Gasteiger partial charge in [0, 0.05) is 19.0 Å². The fourth-order valence-corrected chi connectivity index (χ4v) is 2.60. The first-order valence-electron chi connectivity index (χ1n) is 7.57. The quantitative estimate of drug-likeness (QED) is 0.911. The normalized spacial score (nSPS) is 16.3. The summed E-state index contributed by atoms with van der Waals surface area (Å²) in [5.74, 6) is 1.28. The van der Waals surface area contributed by atoms with Crippen LogP contribution in [0.3, 0.4) is 0 Å². The minimum absolute atomic E-state index is 0.136. The molecule has 4 nitrogen and oxygen atoms in total. The van der Waals surface area contributed by atoms with Crippen molar-refractivity contribution in [2.75, 3.05) is 13.2 Å². The highest BCUT2D eigenvalue weighted by molar-refractivity contribution is 5.73. The average Bonchev–Trinajstić information content (AvgIpc) is 2.59. The molecule has 0 aromatic heterocycles. The van der Waals surface area contributed by atoms with Crippen molar-refractivity contribution in [1.29, 1.82) is 0 Å². The van der Waals surface area contributed by atoms with Crippen LogP contribution < -0.4 is 15.4 Å². The van der Waals surface area contributed by atoms with Crippen LogP contribution in [0.2, 0.25) is 0 Å². The lowest BCUT2D eigenvalue weighted by Gasteiger charge is -2.25. The summed E-state index contributed by atoms with van der Waals surface area (Å²) in [7, 11) is 0. The molecule has 2 aromatic carbocycles. The maximum absolute atomic E-state index is 11.8. The van der Waals surface area contributed by atoms with Gasteiger partial charge in [-0.3, -0.25) is 0 Å². The van der Waals surface area contributed by atoms with E-state index in [2.05, 4.69) is 16.7 Å². The Kier molecular flexibility index (Phi) is 4.59. The smallest absolute Gasteiger partial charge is 0.315 e. The number of urea groups is 1. The highest BCUT2D eigenvalue weighted by Gasteiger charge is 2.19. The number of carbonyl (C=O) groups excluding carboxylic acids is 1. The van der Waals surface area contributed by atoms with E-state index in [1.807, 2.05) is 48.5 Å². The molecular weight excluding hydrogens is 276 g/mol. The Morgan fingerprint density at radius 3 is 2.68 bits per heavy atom. The second-order valence-corrected chi connectivity index (χ2v) is 5.54. The maximum Gasteiger partial charge on any atom is 0.315 e. The van der Waals surface area contributed by atoms with Gasteiger partial charge in [0.05, 0.1) is 6.61 Å². The van der Waals surface area contributed by atoms with Crippen LogP contribution in [0.15, 0.2) is 54.6 Å². The van der Waals surface area contributed by atoms with Gasteiger partial charge in [-0.05, 0) is 23.6 Å². The largest absolute Gasteiger partial charge is 0.493 e. The number of para-hydroxylation sites is 1. The van der Waals surface area contributed by atoms with Crippen LogP contribution in [0.1, 0.15) is 11.1 Å². The van der Waals surface area contributed by atoms with E-state index in [1.165, 1.54) is 5.56 Å². The van der Waals surface area contributed by atoms with Crippen molar-refractivity contribution < 1.29 is 9.53 Å². The molecule has 0 fully saturated rings. The second-order valence-electron chi connectivity index (χ2n) is 5.54. The van der Waals surface area contributed by atoms with E-state index in [-0.39, 0.29) is 6.03 Å². The maximum atomic E-state index is 11.8. The summed E-state index contributed by atoms with van der Waals surface area (Å²) in [5.41, 5.74) is 2.30. The van der Waals surface area contributed by atoms with Crippen molar-refractivity contribution in [3.63, 3.8) is 0 Å². The minimum atomic E-state index is -0.136. The lowest BCUT2D eigenvalue weighted by Crippen LogP contribution is -2.40. The molecule has 1 aliphatic rings. The molecule has 1 heterocycles. The molecule has 114 valence electrons. The molecule has 0 unspecified atom stereocenters. The van der Waals surface area contributed by atoms with E-state index in [4.69, 9.17) is 4.74 Å². The van der Waals surface area contributed by atoms with Crippen LogP contribution in [0.4, 0.5) is 4.79 Å². The topological polar surface area (TPSA) is 50.4 Å². The SMILES string of the molecule is O=C(NCc1ccccc1)NC[C@H]1COc2ccccc2C1. The monoisotopic (exact) mass is 296 g/mol. The zero-order chi connectivity index (χ0) is 15.2. The van der Waals surface area contributed by atoms with Gasteiger partial charge in [0.25, 0.3) is 0 Å². The Bertz CT molecular complexity index is 628. The van der Waals surface area contributed by atoms with E-state index in [0.29, 0.717) is 25.6 Å². The van der Waals surface area contributed by atoms with Gasteiger partial charge in [0.2, 0.25) is 0 Å². The first-order chi connectivity index (χ1) is 10.8. The number of benzene rings is 2. The van der Waals surface area contributed by atoms with Gasteiger partial charge in [-0.15, -0.1) is 0 Å². The molecule has 1 aliphatic heterocycles. The van der Waals surface area contributed by atoms with Gasteiger partial charge >= 0.3 is 6.03 Å². The van der Waals surface area contributed by atoms with Crippen LogP contribution in [0.5, 0.6) is 5.75 Å². The summed E-state index contributed by atoms with van der Waals surface area (Å²) in [6.07, 6.45) is 0.940. The van der Waals surface area contributed by atoms with E-state index in [9.17, 15) is 4.79 Å². The molecule has 0 aliphatic carbocycles. The fraction of sp³-hybridized carbons (Fsp3) is 0.278. The van der Waals surface area contributed by atoms with Gasteiger partial charge in [0.1, 0.15) is 5.75 Å². The molecule has 0 radical (unpaired) electrons. The third-order valence-corrected chi connectivity index (χ3v) is 3.80. The lowest BCUT2D eigenvalue weighted by molar-refractivity contribution is 0.211. The van der Waals surface area contributed by atoms with Gasteiger partial charge < -0.3 is 15.4 Å². The Morgan fingerprint density at radius 1 is 1.05 bits per heavy atom. The van der Waals surface area contributed by atoms with E-state index < -0.39 is 0 Å². The van der Waals surface area contributed by atoms with Crippen molar-refractivity contribution in [2.45, 2.75) is 13.0 Å². The zero-order valence-corrected chi connectivity index (χ0v) is 12.4. The predicted octanol–water partition coefficient (Wildman–Crippen LogP) is 2.74. The number of fused-ring (bicyclic) bond motifs is 1. The van der Waals surface area contributed by atoms with Crippen LogP contribution >= 0.6 is 0 Å². The Labute approximate surface area is 130 Å². The summed E-state index contributed by atoms with van der Waals surface area (Å²) < 4.78 is 5.73. The number of carbonyl (C=O) groups is 1. The van der Waals surface area contributed by atoms with Gasteiger partial charge in [-0.2, -0.15) is 0 Å². The minimum Gasteiger partial charge on any atom is -0.493 e. The van der Waals surface area contributed by atoms with Crippen LogP contribution in [-0.2, 0) is 13.0 Å². The highest BCUT2D eigenvalue weighted by atomic mass is 16.5. The number of hydrogen-bond donors (Lipinski definition) is 2. The average molecular weight is 296 g/mol. The molecule has 1 atom stereocenters. The van der Waals surface area contributed by atoms with Gasteiger partial charge in [-0.25, -0.2) is 4.79 Å². The van der Waals surface area contributed by atoms with Gasteiger partial charge in [-0.1, -0.05) is 48.5 Å². The van der Waals surface area contributed by atoms with Crippen LogP contribution in [-0.4, -0.2) is 19.2 Å². The summed E-state index contributed by atoms with van der Waals surface area (Å²) in [4.78, 5) is 11.8. The van der Waals surface area contributed by atoms with E-state index in [0.717, 1.165) is 17.7 Å². The van der Waals surface area contributed by atoms with Crippen molar-refractivity contribution in [3.05, 3.63) is 65.7 Å². The molecule has 22 heavy (non-hydrogen) atoms. The summed E-state index contributed by atoms with van der Waals surface area (Å²) in [5, 5.41) is 5.79. The highest BCUT2D eigenvalue weighted by Crippen LogP contribution is 2.26. The van der Waals surface area contributed by atoms with E-state index in [1.54, 1.807) is 0 Å². The van der Waals surface area contributed by atoms with Crippen molar-refractivity contribution in [3.8, 4) is 5.75 Å². The summed E-state index contributed by atoms with van der Waals surface area (Å²) in [6.45, 7) is 1.81. The fourth-order valence-electron chi connectivity index (χ4n) is 2.60. The first-order valence-corrected chi connectivity index (χ1v) is 7.57. The summed E-state index contributed by atoms with van der Waals surface area (Å²) in [6, 6.07) is 17.8. The third-order valence-electron chi connectivity index (χ3n) is 3.80. The number of ether oxygens (including phenoxy) is 1. The zero-order valence-electron chi connectivity index (χ0n) is 12.4. The molecule has 0 saturated carbocycles. The lowest BCUT2D eigenvalue weighted by atomic mass is 9.97. The molecule has 0 bridgehead atoms. The van der Waals surface area contributed by atoms with Crippen molar-refractivity contribution in [1.82, 2.24) is 10.6 Å². The molecule has 2 aromatic rings. The first kappa shape index (κ1) is 14.4. The van der Waals surface area contributed by atoms with Crippen molar-refractivity contribution >= 4 is 6.03 Å². The second kappa shape index (κ2) is 6.98. The van der Waals surface area contributed by atoms with Crippen LogP contribution in [0, 0.1) is 5.92 Å². The van der Waals surface area contributed by atoms with Crippen molar-refractivity contribution in [2.24, 2.45) is 5.92 Å². The Morgan fingerprint density at radius 2 is 1.82 bits per heavy atom. The van der Waals surface area contributed by atoms with Gasteiger partial charge in [0.15, 0.2) is 0 Å². The summed E-state index contributed by atoms with van der Waals surface area (Å²) >= 11 is 0. The molecule has 0 saturated heterocycles. The third kappa shape index (κ3) is 3.79. The van der Waals surface area contributed by atoms with Crippen LogP contribution in [0.25, 0.3) is 0 Å². The molecule has 0 spiro atoms. The molecule has 4 heteroatoms. The number of hydrogen-bond acceptors (Lipinski definition) is 2. The molecule has 2 N–H and O–H groups in total. The number of nitrogens with one attached hydrogen (secondary N) is 2. The number of amides is 2. The van der Waals surface area contributed by atoms with E-state index >= 15 is 0 Å². The standard InChI is InChI=1S/C18H20N2O2/c21-18(19-11-14-6-2-1-3-7-14)20-12-15-10-16-8-4-5-9-17(16)22-13-15/h1-9,15H,10-13H2,(H2,19,20,21)/t15-/m0/s1. The molecule has 2 amide bonds. The molecular formula is C18H20N2O2. The molecule has 3 rings (SSSR count). The predicted molar refractivity (Wildman–Crippen MR) is 85.8 cm³/mol. The number of rotatable bonds is 4.